The highest BCUT2D eigenvalue weighted by Crippen LogP contribution is 2.15. The maximum Gasteiger partial charge on any atom is 0.269 e. The number of ether oxygens (including phenoxy) is 1. The molecule has 0 aliphatic heterocycles. The molecule has 0 unspecified atom stereocenters. The van der Waals surface area contributed by atoms with E-state index in [1.807, 2.05) is 30.3 Å². The molecule has 0 radical (unpaired) electrons. The maximum absolute atomic E-state index is 12.8. The molecule has 32 heavy (non-hydrogen) atoms. The second-order valence-corrected chi connectivity index (χ2v) is 6.76. The topological polar surface area (TPSA) is 111 Å². The molecule has 0 fully saturated rings. The lowest BCUT2D eigenvalue weighted by Gasteiger charge is -2.12. The third kappa shape index (κ3) is 6.02. The number of carbonyl (C=O) groups excluding carboxylic acids is 2. The highest BCUT2D eigenvalue weighted by molar-refractivity contribution is 6.05. The maximum atomic E-state index is 12.8. The van der Waals surface area contributed by atoms with Gasteiger partial charge in [0.15, 0.2) is 0 Å². The summed E-state index contributed by atoms with van der Waals surface area (Å²) in [5.41, 5.74) is 1.68. The molecule has 0 bridgehead atoms. The molecule has 0 heterocycles. The van der Waals surface area contributed by atoms with E-state index in [1.165, 1.54) is 24.3 Å². The molecule has 0 spiro atoms. The third-order valence-electron chi connectivity index (χ3n) is 4.56. The van der Waals surface area contributed by atoms with Gasteiger partial charge in [-0.05, 0) is 41.5 Å². The van der Waals surface area contributed by atoms with Crippen molar-refractivity contribution in [3.05, 3.63) is 111 Å². The summed E-state index contributed by atoms with van der Waals surface area (Å²) in [5.74, 6) is -0.374. The lowest BCUT2D eigenvalue weighted by Crippen LogP contribution is -2.34. The van der Waals surface area contributed by atoms with E-state index in [4.69, 9.17) is 4.74 Å². The van der Waals surface area contributed by atoms with Gasteiger partial charge in [-0.2, -0.15) is 0 Å². The van der Waals surface area contributed by atoms with E-state index in [0.29, 0.717) is 11.3 Å². The number of non-ortho nitro benzene ring substituents is 1. The van der Waals surface area contributed by atoms with Gasteiger partial charge in [0, 0.05) is 24.2 Å². The molecule has 0 aliphatic carbocycles. The molecule has 3 aromatic rings. The van der Waals surface area contributed by atoms with E-state index in [2.05, 4.69) is 10.6 Å². The summed E-state index contributed by atoms with van der Waals surface area (Å²) >= 11 is 0. The monoisotopic (exact) mass is 431 g/mol. The number of rotatable bonds is 8. The molecule has 2 N–H and O–H groups in total. The average molecular weight is 431 g/mol. The Morgan fingerprint density at radius 2 is 1.62 bits per heavy atom. The fraction of sp³-hybridized carbons (Fsp3) is 0.0833. The molecule has 8 nitrogen and oxygen atoms in total. The third-order valence-corrected chi connectivity index (χ3v) is 4.56. The van der Waals surface area contributed by atoms with E-state index in [9.17, 15) is 19.7 Å². The number of carbonyl (C=O) groups is 2. The molecule has 3 rings (SSSR count). The van der Waals surface area contributed by atoms with Crippen LogP contribution in [-0.2, 0) is 11.3 Å². The zero-order valence-electron chi connectivity index (χ0n) is 17.3. The Bertz CT molecular complexity index is 1120. The molecule has 0 atom stereocenters. The Morgan fingerprint density at radius 3 is 2.22 bits per heavy atom. The van der Waals surface area contributed by atoms with Crippen molar-refractivity contribution in [2.24, 2.45) is 0 Å². The van der Waals surface area contributed by atoms with Crippen molar-refractivity contribution in [1.29, 1.82) is 0 Å². The summed E-state index contributed by atoms with van der Waals surface area (Å²) in [6, 6.07) is 21.5. The van der Waals surface area contributed by atoms with Crippen LogP contribution in [0.3, 0.4) is 0 Å². The van der Waals surface area contributed by atoms with Crippen LogP contribution in [0.5, 0.6) is 5.75 Å². The predicted octanol–water partition coefficient (Wildman–Crippen LogP) is 3.69. The first-order chi connectivity index (χ1) is 15.5. The van der Waals surface area contributed by atoms with Crippen LogP contribution in [0.1, 0.15) is 21.5 Å². The number of nitrogens with one attached hydrogen (secondary N) is 2. The average Bonchev–Trinajstić information content (AvgIpc) is 2.83. The van der Waals surface area contributed by atoms with Crippen molar-refractivity contribution in [3.8, 4) is 5.75 Å². The summed E-state index contributed by atoms with van der Waals surface area (Å²) in [4.78, 5) is 35.8. The highest BCUT2D eigenvalue weighted by Gasteiger charge is 2.16. The van der Waals surface area contributed by atoms with E-state index in [1.54, 1.807) is 37.5 Å². The van der Waals surface area contributed by atoms with E-state index in [-0.39, 0.29) is 23.5 Å². The second kappa shape index (κ2) is 10.5. The molecule has 3 aromatic carbocycles. The summed E-state index contributed by atoms with van der Waals surface area (Å²) in [6.45, 7) is 0.285. The van der Waals surface area contributed by atoms with E-state index >= 15 is 0 Å². The van der Waals surface area contributed by atoms with Crippen molar-refractivity contribution in [2.45, 2.75) is 6.54 Å². The molecule has 8 heteroatoms. The second-order valence-electron chi connectivity index (χ2n) is 6.76. The van der Waals surface area contributed by atoms with E-state index < -0.39 is 16.7 Å². The number of nitro benzene ring substituents is 1. The minimum Gasteiger partial charge on any atom is -0.497 e. The Hall–Kier alpha value is -4.46. The number of nitrogens with zero attached hydrogens (tertiary/aromatic N) is 1. The van der Waals surface area contributed by atoms with Gasteiger partial charge in [-0.3, -0.25) is 19.7 Å². The molecule has 0 saturated heterocycles. The first-order valence-electron chi connectivity index (χ1n) is 9.70. The minimum absolute atomic E-state index is 0.0365. The summed E-state index contributed by atoms with van der Waals surface area (Å²) in [5, 5.41) is 16.2. The van der Waals surface area contributed by atoms with Crippen LogP contribution in [0.15, 0.2) is 84.6 Å². The van der Waals surface area contributed by atoms with Crippen molar-refractivity contribution in [3.63, 3.8) is 0 Å². The Balaban J connectivity index is 1.81. The highest BCUT2D eigenvalue weighted by atomic mass is 16.6. The van der Waals surface area contributed by atoms with Gasteiger partial charge in [-0.15, -0.1) is 0 Å². The van der Waals surface area contributed by atoms with Gasteiger partial charge in [-0.1, -0.05) is 42.5 Å². The van der Waals surface area contributed by atoms with Gasteiger partial charge < -0.3 is 15.4 Å². The van der Waals surface area contributed by atoms with Crippen molar-refractivity contribution in [2.75, 3.05) is 7.11 Å². The fourth-order valence-corrected chi connectivity index (χ4v) is 2.83. The van der Waals surface area contributed by atoms with Gasteiger partial charge in [0.05, 0.1) is 12.0 Å². The minimum atomic E-state index is -0.561. The largest absolute Gasteiger partial charge is 0.497 e. The van der Waals surface area contributed by atoms with Crippen LogP contribution < -0.4 is 15.4 Å². The first kappa shape index (κ1) is 22.2. The summed E-state index contributed by atoms with van der Waals surface area (Å²) < 4.78 is 5.14. The zero-order chi connectivity index (χ0) is 22.9. The van der Waals surface area contributed by atoms with Gasteiger partial charge in [0.2, 0.25) is 0 Å². The molecular formula is C24H21N3O5. The van der Waals surface area contributed by atoms with Crippen molar-refractivity contribution in [1.82, 2.24) is 10.6 Å². The quantitative estimate of drug-likeness (QED) is 0.321. The SMILES string of the molecule is COc1ccc(C=C(NC(=O)c2ccc([N+](=O)[O-])cc2)C(=O)NCc2ccccc2)cc1. The van der Waals surface area contributed by atoms with Crippen LogP contribution >= 0.6 is 0 Å². The van der Waals surface area contributed by atoms with Crippen LogP contribution in [0, 0.1) is 10.1 Å². The standard InChI is InChI=1S/C24H21N3O5/c1-32-21-13-7-17(8-14-21)15-22(24(29)25-16-18-5-3-2-4-6-18)26-23(28)19-9-11-20(12-10-19)27(30)31/h2-15H,16H2,1H3,(H,25,29)(H,26,28). The number of amides is 2. The molecule has 0 aromatic heterocycles. The van der Waals surface area contributed by atoms with Gasteiger partial charge in [0.1, 0.15) is 11.4 Å². The van der Waals surface area contributed by atoms with Crippen LogP contribution in [-0.4, -0.2) is 23.8 Å². The Labute approximate surface area is 184 Å². The lowest BCUT2D eigenvalue weighted by molar-refractivity contribution is -0.384. The van der Waals surface area contributed by atoms with E-state index in [0.717, 1.165) is 5.56 Å². The van der Waals surface area contributed by atoms with Gasteiger partial charge in [0.25, 0.3) is 17.5 Å². The van der Waals surface area contributed by atoms with Crippen LogP contribution in [0.2, 0.25) is 0 Å². The fourth-order valence-electron chi connectivity index (χ4n) is 2.83. The Morgan fingerprint density at radius 1 is 0.969 bits per heavy atom. The molecule has 162 valence electrons. The number of hydrogen-bond acceptors (Lipinski definition) is 5. The number of benzene rings is 3. The number of methoxy groups -OCH3 is 1. The van der Waals surface area contributed by atoms with Crippen LogP contribution in [0.25, 0.3) is 6.08 Å². The number of hydrogen-bond donors (Lipinski definition) is 2. The van der Waals surface area contributed by atoms with Crippen molar-refractivity contribution < 1.29 is 19.2 Å². The number of nitro groups is 1. The summed E-state index contributed by atoms with van der Waals surface area (Å²) in [7, 11) is 1.55. The van der Waals surface area contributed by atoms with Crippen molar-refractivity contribution >= 4 is 23.6 Å². The first-order valence-corrected chi connectivity index (χ1v) is 9.70. The summed E-state index contributed by atoms with van der Waals surface area (Å²) in [6.07, 6.45) is 1.54. The molecule has 2 amide bonds. The Kier molecular flexibility index (Phi) is 7.32. The molecule has 0 aliphatic rings. The van der Waals surface area contributed by atoms with Gasteiger partial charge >= 0.3 is 0 Å². The predicted molar refractivity (Wildman–Crippen MR) is 120 cm³/mol. The molecule has 0 saturated carbocycles. The smallest absolute Gasteiger partial charge is 0.269 e. The molecular weight excluding hydrogens is 410 g/mol. The zero-order valence-corrected chi connectivity index (χ0v) is 17.3. The lowest BCUT2D eigenvalue weighted by atomic mass is 10.1. The van der Waals surface area contributed by atoms with Crippen LogP contribution in [0.4, 0.5) is 5.69 Å². The van der Waals surface area contributed by atoms with Gasteiger partial charge in [-0.25, -0.2) is 0 Å². The normalized spacial score (nSPS) is 10.8.